The molecule has 0 spiro atoms. The lowest BCUT2D eigenvalue weighted by molar-refractivity contribution is -0.123. The number of carbonyl (C=O) groups is 2. The first-order chi connectivity index (χ1) is 13.6. The molecule has 0 aliphatic carbocycles. The normalized spacial score (nSPS) is 15.4. The minimum absolute atomic E-state index is 0.243. The highest BCUT2D eigenvalue weighted by atomic mass is 16.5. The highest BCUT2D eigenvalue weighted by molar-refractivity contribution is 6.14. The number of benzene rings is 3. The topological polar surface area (TPSA) is 58.6 Å². The Morgan fingerprint density at radius 1 is 1.00 bits per heavy atom. The van der Waals surface area contributed by atoms with Crippen LogP contribution in [-0.4, -0.2) is 23.9 Å². The lowest BCUT2D eigenvalue weighted by atomic mass is 10.0. The summed E-state index contributed by atoms with van der Waals surface area (Å²) in [4.78, 5) is 26.4. The molecule has 3 aromatic carbocycles. The number of ether oxygens (including phenoxy) is 1. The van der Waals surface area contributed by atoms with Crippen molar-refractivity contribution in [2.75, 3.05) is 7.11 Å². The van der Waals surface area contributed by atoms with Gasteiger partial charge in [-0.25, -0.2) is 4.79 Å². The number of carbonyl (C=O) groups excluding carboxylic acids is 2. The van der Waals surface area contributed by atoms with Crippen molar-refractivity contribution < 1.29 is 14.3 Å². The monoisotopic (exact) mass is 372 g/mol. The Bertz CT molecular complexity index is 1120. The summed E-state index contributed by atoms with van der Waals surface area (Å²) in [5, 5.41) is 4.60. The van der Waals surface area contributed by atoms with Crippen molar-refractivity contribution in [3.05, 3.63) is 83.1 Å². The van der Waals surface area contributed by atoms with E-state index in [0.29, 0.717) is 0 Å². The predicted octanol–water partition coefficient (Wildman–Crippen LogP) is 4.25. The van der Waals surface area contributed by atoms with E-state index in [1.165, 1.54) is 4.90 Å². The molecule has 1 fully saturated rings. The molecule has 140 valence electrons. The first-order valence-corrected chi connectivity index (χ1v) is 9.02. The summed E-state index contributed by atoms with van der Waals surface area (Å²) >= 11 is 0. The van der Waals surface area contributed by atoms with E-state index in [2.05, 4.69) is 5.32 Å². The fraction of sp³-hybridized carbons (Fsp3) is 0.130. The van der Waals surface area contributed by atoms with Crippen LogP contribution in [0.5, 0.6) is 5.75 Å². The molecule has 5 nitrogen and oxygen atoms in total. The summed E-state index contributed by atoms with van der Waals surface area (Å²) in [6.45, 7) is 2.22. The van der Waals surface area contributed by atoms with Crippen molar-refractivity contribution in [2.45, 2.75) is 13.5 Å². The zero-order valence-electron chi connectivity index (χ0n) is 15.7. The Morgan fingerprint density at radius 3 is 2.54 bits per heavy atom. The molecular formula is C23H20N2O3. The molecular weight excluding hydrogens is 352 g/mol. The van der Waals surface area contributed by atoms with Crippen LogP contribution in [0, 0.1) is 6.92 Å². The number of imide groups is 1. The number of hydrogen-bond donors (Lipinski definition) is 1. The standard InChI is InChI=1S/C23H20N2O3/c1-15-6-5-7-16(12-15)14-25-22(26)20(24-23(25)27)13-17-10-11-21(28-2)19-9-4-3-8-18(17)19/h3-13H,14H2,1-2H3,(H,24,27)/b20-13+. The first-order valence-electron chi connectivity index (χ1n) is 9.02. The van der Waals surface area contributed by atoms with Gasteiger partial charge < -0.3 is 10.1 Å². The highest BCUT2D eigenvalue weighted by Gasteiger charge is 2.33. The summed E-state index contributed by atoms with van der Waals surface area (Å²) in [6.07, 6.45) is 1.72. The molecule has 0 atom stereocenters. The zero-order valence-corrected chi connectivity index (χ0v) is 15.7. The second-order valence-corrected chi connectivity index (χ2v) is 6.77. The fourth-order valence-electron chi connectivity index (χ4n) is 3.46. The number of aryl methyl sites for hydroxylation is 1. The average molecular weight is 372 g/mol. The molecule has 3 amide bonds. The highest BCUT2D eigenvalue weighted by Crippen LogP contribution is 2.30. The summed E-state index contributed by atoms with van der Waals surface area (Å²) < 4.78 is 5.42. The van der Waals surface area contributed by atoms with Gasteiger partial charge in [0.15, 0.2) is 0 Å². The SMILES string of the molecule is COc1ccc(/C=C2/NC(=O)N(Cc3cccc(C)c3)C2=O)c2ccccc12. The van der Waals surface area contributed by atoms with E-state index in [1.807, 2.05) is 67.6 Å². The van der Waals surface area contributed by atoms with Crippen molar-refractivity contribution in [1.82, 2.24) is 10.2 Å². The summed E-state index contributed by atoms with van der Waals surface area (Å²) in [7, 11) is 1.63. The van der Waals surface area contributed by atoms with Crippen LogP contribution in [0.2, 0.25) is 0 Å². The number of urea groups is 1. The van der Waals surface area contributed by atoms with Crippen LogP contribution in [0.1, 0.15) is 16.7 Å². The van der Waals surface area contributed by atoms with E-state index in [4.69, 9.17) is 4.74 Å². The predicted molar refractivity (Wildman–Crippen MR) is 109 cm³/mol. The van der Waals surface area contributed by atoms with Gasteiger partial charge in [0.1, 0.15) is 11.4 Å². The van der Waals surface area contributed by atoms with Gasteiger partial charge in [0.2, 0.25) is 0 Å². The zero-order chi connectivity index (χ0) is 19.7. The van der Waals surface area contributed by atoms with Crippen molar-refractivity contribution in [3.8, 4) is 5.75 Å². The Hall–Kier alpha value is -3.60. The average Bonchev–Trinajstić information content (AvgIpc) is 2.96. The largest absolute Gasteiger partial charge is 0.496 e. The summed E-state index contributed by atoms with van der Waals surface area (Å²) in [5.41, 5.74) is 3.12. The van der Waals surface area contributed by atoms with Crippen molar-refractivity contribution in [2.24, 2.45) is 0 Å². The third kappa shape index (κ3) is 3.22. The first kappa shape index (κ1) is 17.8. The van der Waals surface area contributed by atoms with E-state index in [9.17, 15) is 9.59 Å². The van der Waals surface area contributed by atoms with Crippen LogP contribution in [0.15, 0.2) is 66.4 Å². The van der Waals surface area contributed by atoms with E-state index < -0.39 is 6.03 Å². The Kier molecular flexibility index (Phi) is 4.57. The van der Waals surface area contributed by atoms with Crippen molar-refractivity contribution in [3.63, 3.8) is 0 Å². The van der Waals surface area contributed by atoms with E-state index >= 15 is 0 Å². The molecule has 0 radical (unpaired) electrons. The quantitative estimate of drug-likeness (QED) is 0.550. The molecule has 1 aliphatic rings. The van der Waals surface area contributed by atoms with Gasteiger partial charge in [-0.05, 0) is 35.6 Å². The minimum Gasteiger partial charge on any atom is -0.496 e. The van der Waals surface area contributed by atoms with Gasteiger partial charge in [0.25, 0.3) is 5.91 Å². The van der Waals surface area contributed by atoms with Gasteiger partial charge in [-0.3, -0.25) is 9.69 Å². The molecule has 0 aromatic heterocycles. The number of nitrogens with zero attached hydrogens (tertiary/aromatic N) is 1. The molecule has 0 bridgehead atoms. The molecule has 28 heavy (non-hydrogen) atoms. The third-order valence-corrected chi connectivity index (χ3v) is 4.82. The minimum atomic E-state index is -0.407. The number of amides is 3. The molecule has 1 saturated heterocycles. The van der Waals surface area contributed by atoms with Crippen LogP contribution in [0.3, 0.4) is 0 Å². The molecule has 1 N–H and O–H groups in total. The van der Waals surface area contributed by atoms with Gasteiger partial charge in [-0.1, -0.05) is 60.2 Å². The molecule has 5 heteroatoms. The number of rotatable bonds is 4. The van der Waals surface area contributed by atoms with Gasteiger partial charge in [-0.2, -0.15) is 0 Å². The van der Waals surface area contributed by atoms with Gasteiger partial charge in [0.05, 0.1) is 13.7 Å². The van der Waals surface area contributed by atoms with E-state index in [-0.39, 0.29) is 18.1 Å². The maximum Gasteiger partial charge on any atom is 0.329 e. The molecule has 3 aromatic rings. The van der Waals surface area contributed by atoms with Gasteiger partial charge in [0, 0.05) is 5.39 Å². The van der Waals surface area contributed by atoms with E-state index in [1.54, 1.807) is 13.2 Å². The summed E-state index contributed by atoms with van der Waals surface area (Å²) in [5.74, 6) is 0.437. The van der Waals surface area contributed by atoms with Crippen LogP contribution in [-0.2, 0) is 11.3 Å². The lowest BCUT2D eigenvalue weighted by Crippen LogP contribution is -2.30. The number of fused-ring (bicyclic) bond motifs is 1. The third-order valence-electron chi connectivity index (χ3n) is 4.82. The Labute approximate surface area is 163 Å². The molecule has 1 aliphatic heterocycles. The van der Waals surface area contributed by atoms with Crippen LogP contribution in [0.25, 0.3) is 16.8 Å². The van der Waals surface area contributed by atoms with Gasteiger partial charge >= 0.3 is 6.03 Å². The fourth-order valence-corrected chi connectivity index (χ4v) is 3.46. The molecule has 0 saturated carbocycles. The van der Waals surface area contributed by atoms with Crippen molar-refractivity contribution in [1.29, 1.82) is 0 Å². The number of hydrogen-bond acceptors (Lipinski definition) is 3. The van der Waals surface area contributed by atoms with Crippen LogP contribution < -0.4 is 10.1 Å². The Morgan fingerprint density at radius 2 is 1.79 bits per heavy atom. The smallest absolute Gasteiger partial charge is 0.329 e. The number of methoxy groups -OCH3 is 1. The van der Waals surface area contributed by atoms with Crippen LogP contribution >= 0.6 is 0 Å². The van der Waals surface area contributed by atoms with E-state index in [0.717, 1.165) is 33.2 Å². The second-order valence-electron chi connectivity index (χ2n) is 6.77. The Balaban J connectivity index is 1.67. The molecule has 4 rings (SSSR count). The van der Waals surface area contributed by atoms with Crippen LogP contribution in [0.4, 0.5) is 4.79 Å². The van der Waals surface area contributed by atoms with Gasteiger partial charge in [-0.15, -0.1) is 0 Å². The lowest BCUT2D eigenvalue weighted by Gasteiger charge is -2.12. The number of nitrogens with one attached hydrogen (secondary N) is 1. The second kappa shape index (κ2) is 7.19. The van der Waals surface area contributed by atoms with Crippen molar-refractivity contribution >= 4 is 28.8 Å². The maximum atomic E-state index is 12.8. The molecule has 1 heterocycles. The maximum absolute atomic E-state index is 12.8. The molecule has 0 unspecified atom stereocenters. The summed E-state index contributed by atoms with van der Waals surface area (Å²) in [6, 6.07) is 18.9.